The quantitative estimate of drug-likeness (QED) is 0.686. The summed E-state index contributed by atoms with van der Waals surface area (Å²) in [6.45, 7) is 0.666. The van der Waals surface area contributed by atoms with Crippen molar-refractivity contribution in [1.82, 2.24) is 29.7 Å². The third kappa shape index (κ3) is 3.36. The van der Waals surface area contributed by atoms with Gasteiger partial charge in [-0.15, -0.1) is 11.3 Å². The van der Waals surface area contributed by atoms with Crippen LogP contribution in [0.3, 0.4) is 0 Å². The Labute approximate surface area is 137 Å². The molecule has 0 aromatic carbocycles. The molecule has 0 amide bonds. The van der Waals surface area contributed by atoms with E-state index in [0.717, 1.165) is 9.35 Å². The molecule has 0 aliphatic heterocycles. The highest BCUT2D eigenvalue weighted by atomic mass is 79.9. The van der Waals surface area contributed by atoms with Gasteiger partial charge in [-0.3, -0.25) is 0 Å². The van der Waals surface area contributed by atoms with E-state index < -0.39 is 0 Å². The van der Waals surface area contributed by atoms with Gasteiger partial charge in [-0.25, -0.2) is 4.98 Å². The monoisotopic (exact) mass is 385 g/mol. The highest BCUT2D eigenvalue weighted by molar-refractivity contribution is 9.11. The van der Waals surface area contributed by atoms with Crippen molar-refractivity contribution >= 4 is 44.8 Å². The minimum absolute atomic E-state index is 0.115. The molecule has 0 atom stereocenters. The van der Waals surface area contributed by atoms with Gasteiger partial charge in [0.1, 0.15) is 12.7 Å². The maximum atomic E-state index is 5.96. The Kier molecular flexibility index (Phi) is 4.13. The first-order chi connectivity index (χ1) is 10.1. The molecule has 0 N–H and O–H groups in total. The Morgan fingerprint density at radius 1 is 1.38 bits per heavy atom. The largest absolute Gasteiger partial charge is 0.339 e. The van der Waals surface area contributed by atoms with Crippen molar-refractivity contribution in [2.75, 3.05) is 11.9 Å². The number of halogens is 2. The Bertz CT molecular complexity index is 745. The molecule has 3 heterocycles. The van der Waals surface area contributed by atoms with E-state index >= 15 is 0 Å². The minimum atomic E-state index is 0.115. The SMILES string of the molecule is CN(Cc1csc(Br)c1)c1nc(Cl)nc(-n2cncn2)n1. The lowest BCUT2D eigenvalue weighted by Crippen LogP contribution is -2.20. The zero-order valence-electron chi connectivity index (χ0n) is 10.8. The second kappa shape index (κ2) is 6.04. The van der Waals surface area contributed by atoms with E-state index in [4.69, 9.17) is 11.6 Å². The Hall–Kier alpha value is -1.58. The van der Waals surface area contributed by atoms with E-state index in [-0.39, 0.29) is 5.28 Å². The average molecular weight is 387 g/mol. The number of thiophene rings is 1. The molecular weight excluding hydrogens is 378 g/mol. The predicted octanol–water partition coefficient (Wildman–Crippen LogP) is 2.57. The third-order valence-electron chi connectivity index (χ3n) is 2.59. The van der Waals surface area contributed by atoms with E-state index in [1.165, 1.54) is 17.3 Å². The summed E-state index contributed by atoms with van der Waals surface area (Å²) in [6.07, 6.45) is 2.91. The van der Waals surface area contributed by atoms with Crippen LogP contribution in [0.1, 0.15) is 5.56 Å². The van der Waals surface area contributed by atoms with Crippen LogP contribution < -0.4 is 4.90 Å². The van der Waals surface area contributed by atoms with Crippen LogP contribution in [0.15, 0.2) is 27.9 Å². The molecule has 3 rings (SSSR count). The number of nitrogens with zero attached hydrogens (tertiary/aromatic N) is 7. The number of anilines is 1. The normalized spacial score (nSPS) is 10.8. The highest BCUT2D eigenvalue weighted by Gasteiger charge is 2.12. The summed E-state index contributed by atoms with van der Waals surface area (Å²) in [4.78, 5) is 18.3. The van der Waals surface area contributed by atoms with Gasteiger partial charge in [-0.05, 0) is 44.5 Å². The smallest absolute Gasteiger partial charge is 0.258 e. The molecule has 0 spiro atoms. The van der Waals surface area contributed by atoms with Crippen molar-refractivity contribution in [3.8, 4) is 5.95 Å². The van der Waals surface area contributed by atoms with E-state index in [9.17, 15) is 0 Å². The first-order valence-electron chi connectivity index (χ1n) is 5.82. The van der Waals surface area contributed by atoms with Gasteiger partial charge < -0.3 is 4.90 Å². The lowest BCUT2D eigenvalue weighted by atomic mass is 10.3. The summed E-state index contributed by atoms with van der Waals surface area (Å²) in [7, 11) is 1.89. The van der Waals surface area contributed by atoms with E-state index in [1.54, 1.807) is 11.3 Å². The van der Waals surface area contributed by atoms with Crippen LogP contribution in [0.4, 0.5) is 5.95 Å². The molecule has 7 nitrogen and oxygen atoms in total. The maximum Gasteiger partial charge on any atom is 0.258 e. The zero-order chi connectivity index (χ0) is 14.8. The van der Waals surface area contributed by atoms with Crippen LogP contribution in [-0.4, -0.2) is 36.8 Å². The second-order valence-electron chi connectivity index (χ2n) is 4.16. The van der Waals surface area contributed by atoms with Crippen molar-refractivity contribution in [3.63, 3.8) is 0 Å². The number of hydrogen-bond donors (Lipinski definition) is 0. The molecule has 0 aliphatic rings. The van der Waals surface area contributed by atoms with Crippen LogP contribution in [0.2, 0.25) is 5.28 Å². The molecule has 0 aliphatic carbocycles. The second-order valence-corrected chi connectivity index (χ2v) is 6.79. The van der Waals surface area contributed by atoms with Crippen LogP contribution >= 0.6 is 38.9 Å². The summed E-state index contributed by atoms with van der Waals surface area (Å²) >= 11 is 11.0. The topological polar surface area (TPSA) is 72.6 Å². The Balaban J connectivity index is 1.87. The Morgan fingerprint density at radius 3 is 2.90 bits per heavy atom. The molecule has 21 heavy (non-hydrogen) atoms. The van der Waals surface area contributed by atoms with E-state index in [1.807, 2.05) is 11.9 Å². The number of rotatable bonds is 4. The fourth-order valence-corrected chi connectivity index (χ4v) is 3.04. The van der Waals surface area contributed by atoms with E-state index in [2.05, 4.69) is 52.4 Å². The third-order valence-corrected chi connectivity index (χ3v) is 4.31. The minimum Gasteiger partial charge on any atom is -0.339 e. The van der Waals surface area contributed by atoms with Crippen LogP contribution in [0.5, 0.6) is 0 Å². The van der Waals surface area contributed by atoms with Gasteiger partial charge in [-0.1, -0.05) is 0 Å². The van der Waals surface area contributed by atoms with Crippen LogP contribution in [-0.2, 0) is 6.54 Å². The lowest BCUT2D eigenvalue weighted by Gasteiger charge is -2.16. The average Bonchev–Trinajstić information content (AvgIpc) is 3.10. The van der Waals surface area contributed by atoms with Gasteiger partial charge in [0.25, 0.3) is 5.95 Å². The predicted molar refractivity (Wildman–Crippen MR) is 83.9 cm³/mol. The molecule has 10 heteroatoms. The number of aromatic nitrogens is 6. The van der Waals surface area contributed by atoms with Crippen molar-refractivity contribution in [2.24, 2.45) is 0 Å². The van der Waals surface area contributed by atoms with Crippen molar-refractivity contribution < 1.29 is 0 Å². The Morgan fingerprint density at radius 2 is 2.24 bits per heavy atom. The first-order valence-corrected chi connectivity index (χ1v) is 7.87. The molecule has 0 saturated carbocycles. The maximum absolute atomic E-state index is 5.96. The van der Waals surface area contributed by atoms with Gasteiger partial charge >= 0.3 is 0 Å². The van der Waals surface area contributed by atoms with Gasteiger partial charge in [0, 0.05) is 13.6 Å². The fourth-order valence-electron chi connectivity index (χ4n) is 1.69. The van der Waals surface area contributed by atoms with Gasteiger partial charge in [0.2, 0.25) is 11.2 Å². The fraction of sp³-hybridized carbons (Fsp3) is 0.182. The highest BCUT2D eigenvalue weighted by Crippen LogP contribution is 2.22. The summed E-state index contributed by atoms with van der Waals surface area (Å²) in [6, 6.07) is 2.06. The number of hydrogen-bond acceptors (Lipinski definition) is 7. The van der Waals surface area contributed by atoms with Gasteiger partial charge in [0.05, 0.1) is 3.79 Å². The molecular formula is C11H9BrClN7S. The van der Waals surface area contributed by atoms with Gasteiger partial charge in [0.15, 0.2) is 0 Å². The zero-order valence-corrected chi connectivity index (χ0v) is 14.0. The summed E-state index contributed by atoms with van der Waals surface area (Å²) < 4.78 is 2.52. The summed E-state index contributed by atoms with van der Waals surface area (Å²) in [5.41, 5.74) is 1.16. The molecule has 0 radical (unpaired) electrons. The molecule has 3 aromatic heterocycles. The molecule has 3 aromatic rings. The van der Waals surface area contributed by atoms with Crippen molar-refractivity contribution in [3.05, 3.63) is 38.7 Å². The molecule has 0 unspecified atom stereocenters. The molecule has 0 bridgehead atoms. The van der Waals surface area contributed by atoms with E-state index in [0.29, 0.717) is 18.4 Å². The summed E-state index contributed by atoms with van der Waals surface area (Å²) in [5.74, 6) is 0.809. The molecule has 0 saturated heterocycles. The lowest BCUT2D eigenvalue weighted by molar-refractivity contribution is 0.772. The standard InChI is InChI=1S/C11H9BrClN7S/c1-19(3-7-2-8(12)21-4-7)10-16-9(13)17-11(18-10)20-6-14-5-15-20/h2,4-6H,3H2,1H3. The first kappa shape index (κ1) is 14.4. The van der Waals surface area contributed by atoms with Crippen LogP contribution in [0.25, 0.3) is 5.95 Å². The van der Waals surface area contributed by atoms with Crippen LogP contribution in [0, 0.1) is 0 Å². The molecule has 108 valence electrons. The van der Waals surface area contributed by atoms with Gasteiger partial charge in [-0.2, -0.15) is 24.7 Å². The van der Waals surface area contributed by atoms with Crippen molar-refractivity contribution in [2.45, 2.75) is 6.54 Å². The summed E-state index contributed by atoms with van der Waals surface area (Å²) in [5, 5.41) is 6.17. The van der Waals surface area contributed by atoms with Crippen molar-refractivity contribution in [1.29, 1.82) is 0 Å². The molecule has 0 fully saturated rings.